The van der Waals surface area contributed by atoms with Crippen LogP contribution in [0.4, 0.5) is 5.69 Å². The number of halogens is 1. The van der Waals surface area contributed by atoms with Gasteiger partial charge in [-0.2, -0.15) is 0 Å². The third-order valence-electron chi connectivity index (χ3n) is 4.37. The minimum absolute atomic E-state index is 0. The third kappa shape index (κ3) is 4.70. The molecular formula is C18H26ClN3O2S. The van der Waals surface area contributed by atoms with Crippen LogP contribution < -0.4 is 11.1 Å². The van der Waals surface area contributed by atoms with Crippen molar-refractivity contribution in [1.29, 1.82) is 0 Å². The van der Waals surface area contributed by atoms with E-state index in [2.05, 4.69) is 31.1 Å². The number of benzene rings is 1. The fourth-order valence-electron chi connectivity index (χ4n) is 2.84. The molecule has 1 aliphatic heterocycles. The molecule has 1 fully saturated rings. The summed E-state index contributed by atoms with van der Waals surface area (Å²) in [7, 11) is 0. The van der Waals surface area contributed by atoms with Gasteiger partial charge in [-0.3, -0.25) is 4.79 Å². The van der Waals surface area contributed by atoms with Gasteiger partial charge in [0.05, 0.1) is 21.3 Å². The Hall–Kier alpha value is -1.21. The van der Waals surface area contributed by atoms with Crippen molar-refractivity contribution in [3.05, 3.63) is 23.2 Å². The van der Waals surface area contributed by atoms with Crippen LogP contribution in [0.2, 0.25) is 0 Å². The van der Waals surface area contributed by atoms with Crippen LogP contribution in [0.5, 0.6) is 0 Å². The SMILES string of the molecule is CC(C)(C)c1nc2ccc(NC(=O)C(N)C3CCOCC3)cc2s1.Cl. The summed E-state index contributed by atoms with van der Waals surface area (Å²) in [4.78, 5) is 17.1. The van der Waals surface area contributed by atoms with Gasteiger partial charge in [0.2, 0.25) is 5.91 Å². The Bertz CT molecular complexity index is 735. The lowest BCUT2D eigenvalue weighted by Gasteiger charge is -2.26. The monoisotopic (exact) mass is 383 g/mol. The fraction of sp³-hybridized carbons (Fsp3) is 0.556. The number of aromatic nitrogens is 1. The molecule has 0 spiro atoms. The maximum Gasteiger partial charge on any atom is 0.241 e. The molecule has 3 rings (SSSR count). The van der Waals surface area contributed by atoms with Gasteiger partial charge in [-0.25, -0.2) is 4.98 Å². The van der Waals surface area contributed by atoms with Gasteiger partial charge in [0.25, 0.3) is 0 Å². The molecule has 25 heavy (non-hydrogen) atoms. The maximum atomic E-state index is 12.4. The fourth-order valence-corrected chi connectivity index (χ4v) is 3.90. The molecule has 2 aromatic rings. The van der Waals surface area contributed by atoms with Crippen LogP contribution in [-0.4, -0.2) is 30.1 Å². The zero-order valence-electron chi connectivity index (χ0n) is 14.9. The van der Waals surface area contributed by atoms with E-state index in [4.69, 9.17) is 10.5 Å². The van der Waals surface area contributed by atoms with Crippen molar-refractivity contribution in [2.75, 3.05) is 18.5 Å². The highest BCUT2D eigenvalue weighted by molar-refractivity contribution is 7.18. The van der Waals surface area contributed by atoms with Crippen molar-refractivity contribution in [3.8, 4) is 0 Å². The number of carbonyl (C=O) groups excluding carboxylic acids is 1. The van der Waals surface area contributed by atoms with E-state index in [0.29, 0.717) is 13.2 Å². The number of anilines is 1. The van der Waals surface area contributed by atoms with Crippen molar-refractivity contribution < 1.29 is 9.53 Å². The summed E-state index contributed by atoms with van der Waals surface area (Å²) < 4.78 is 6.41. The zero-order chi connectivity index (χ0) is 17.3. The van der Waals surface area contributed by atoms with Crippen LogP contribution in [0.25, 0.3) is 10.2 Å². The Morgan fingerprint density at radius 1 is 1.36 bits per heavy atom. The minimum Gasteiger partial charge on any atom is -0.381 e. The maximum absolute atomic E-state index is 12.4. The highest BCUT2D eigenvalue weighted by Gasteiger charge is 2.26. The van der Waals surface area contributed by atoms with E-state index >= 15 is 0 Å². The predicted octanol–water partition coefficient (Wildman–Crippen LogP) is 3.71. The van der Waals surface area contributed by atoms with Gasteiger partial charge >= 0.3 is 0 Å². The minimum atomic E-state index is -0.490. The van der Waals surface area contributed by atoms with E-state index in [1.807, 2.05) is 18.2 Å². The molecule has 1 aromatic carbocycles. The molecule has 1 unspecified atom stereocenters. The summed E-state index contributed by atoms with van der Waals surface area (Å²) in [5, 5.41) is 4.05. The molecule has 7 heteroatoms. The molecule has 3 N–H and O–H groups in total. The van der Waals surface area contributed by atoms with Crippen LogP contribution in [0.1, 0.15) is 38.6 Å². The third-order valence-corrected chi connectivity index (χ3v) is 5.82. The first kappa shape index (κ1) is 20.1. The molecule has 1 saturated heterocycles. The second-order valence-electron chi connectivity index (χ2n) is 7.42. The second kappa shape index (κ2) is 7.99. The van der Waals surface area contributed by atoms with Crippen LogP contribution >= 0.6 is 23.7 Å². The summed E-state index contributed by atoms with van der Waals surface area (Å²) in [6, 6.07) is 5.34. The number of fused-ring (bicyclic) bond motifs is 1. The lowest BCUT2D eigenvalue weighted by atomic mass is 9.92. The van der Waals surface area contributed by atoms with Gasteiger partial charge in [-0.1, -0.05) is 20.8 Å². The number of nitrogens with zero attached hydrogens (tertiary/aromatic N) is 1. The molecule has 0 aliphatic carbocycles. The Balaban J connectivity index is 0.00000225. The lowest BCUT2D eigenvalue weighted by molar-refractivity contribution is -0.119. The van der Waals surface area contributed by atoms with Gasteiger partial charge in [0, 0.05) is 24.3 Å². The summed E-state index contributed by atoms with van der Waals surface area (Å²) in [6.07, 6.45) is 1.69. The topological polar surface area (TPSA) is 77.2 Å². The number of carbonyl (C=O) groups is 1. The number of nitrogens with two attached hydrogens (primary N) is 1. The first-order valence-electron chi connectivity index (χ1n) is 8.40. The van der Waals surface area contributed by atoms with Crippen molar-refractivity contribution in [2.45, 2.75) is 45.1 Å². The molecule has 2 heterocycles. The van der Waals surface area contributed by atoms with Crippen molar-refractivity contribution in [3.63, 3.8) is 0 Å². The highest BCUT2D eigenvalue weighted by atomic mass is 35.5. The first-order chi connectivity index (χ1) is 11.3. The molecule has 1 aromatic heterocycles. The van der Waals surface area contributed by atoms with Gasteiger partial charge in [0.1, 0.15) is 0 Å². The number of amides is 1. The van der Waals surface area contributed by atoms with Crippen molar-refractivity contribution in [2.24, 2.45) is 11.7 Å². The molecule has 0 bridgehead atoms. The van der Waals surface area contributed by atoms with Gasteiger partial charge in [0.15, 0.2) is 0 Å². The second-order valence-corrected chi connectivity index (χ2v) is 8.45. The smallest absolute Gasteiger partial charge is 0.241 e. The molecule has 1 atom stereocenters. The quantitative estimate of drug-likeness (QED) is 0.846. The van der Waals surface area contributed by atoms with Gasteiger partial charge in [-0.15, -0.1) is 23.7 Å². The van der Waals surface area contributed by atoms with Crippen LogP contribution in [0.15, 0.2) is 18.2 Å². The van der Waals surface area contributed by atoms with Crippen molar-refractivity contribution >= 4 is 45.6 Å². The van der Waals surface area contributed by atoms with Crippen molar-refractivity contribution in [1.82, 2.24) is 4.98 Å². The zero-order valence-corrected chi connectivity index (χ0v) is 16.5. The van der Waals surface area contributed by atoms with Gasteiger partial charge in [-0.05, 0) is 37.0 Å². The number of hydrogen-bond donors (Lipinski definition) is 2. The Kier molecular flexibility index (Phi) is 6.43. The van der Waals surface area contributed by atoms with E-state index in [9.17, 15) is 4.79 Å². The molecule has 0 radical (unpaired) electrons. The molecule has 0 saturated carbocycles. The van der Waals surface area contributed by atoms with E-state index in [0.717, 1.165) is 33.8 Å². The van der Waals surface area contributed by atoms with Crippen LogP contribution in [-0.2, 0) is 14.9 Å². The number of ether oxygens (including phenoxy) is 1. The Labute approximate surface area is 158 Å². The normalized spacial score (nSPS) is 17.1. The lowest BCUT2D eigenvalue weighted by Crippen LogP contribution is -2.43. The van der Waals surface area contributed by atoms with E-state index in [1.54, 1.807) is 11.3 Å². The number of rotatable bonds is 3. The highest BCUT2D eigenvalue weighted by Crippen LogP contribution is 2.32. The van der Waals surface area contributed by atoms with Gasteiger partial charge < -0.3 is 15.8 Å². The average molecular weight is 384 g/mol. The largest absolute Gasteiger partial charge is 0.381 e. The predicted molar refractivity (Wildman–Crippen MR) is 106 cm³/mol. The summed E-state index contributed by atoms with van der Waals surface area (Å²) >= 11 is 1.67. The molecule has 138 valence electrons. The summed E-state index contributed by atoms with van der Waals surface area (Å²) in [6.45, 7) is 7.84. The van der Waals surface area contributed by atoms with Crippen LogP contribution in [0, 0.1) is 5.92 Å². The first-order valence-corrected chi connectivity index (χ1v) is 9.21. The molecular weight excluding hydrogens is 358 g/mol. The number of thiazole rings is 1. The van der Waals surface area contributed by atoms with E-state index in [1.165, 1.54) is 0 Å². The average Bonchev–Trinajstić information content (AvgIpc) is 2.98. The molecule has 1 aliphatic rings. The number of nitrogens with one attached hydrogen (secondary N) is 1. The number of hydrogen-bond acceptors (Lipinski definition) is 5. The van der Waals surface area contributed by atoms with E-state index in [-0.39, 0.29) is 29.6 Å². The Morgan fingerprint density at radius 2 is 2.04 bits per heavy atom. The Morgan fingerprint density at radius 3 is 2.68 bits per heavy atom. The molecule has 5 nitrogen and oxygen atoms in total. The molecule has 1 amide bonds. The standard InChI is InChI=1S/C18H25N3O2S.ClH/c1-18(2,3)17-21-13-5-4-12(10-14(13)24-17)20-16(22)15(19)11-6-8-23-9-7-11;/h4-5,10-11,15H,6-9,19H2,1-3H3,(H,20,22);1H. The van der Waals surface area contributed by atoms with E-state index < -0.39 is 6.04 Å². The summed E-state index contributed by atoms with van der Waals surface area (Å²) in [5.41, 5.74) is 7.91. The summed E-state index contributed by atoms with van der Waals surface area (Å²) in [5.74, 6) is 0.0696. The van der Waals surface area contributed by atoms with Crippen LogP contribution in [0.3, 0.4) is 0 Å².